The maximum Gasteiger partial charge on any atom is 0.326 e. The van der Waals surface area contributed by atoms with E-state index in [9.17, 15) is 19.2 Å². The summed E-state index contributed by atoms with van der Waals surface area (Å²) in [5.41, 5.74) is 0.530. The second kappa shape index (κ2) is 7.72. The van der Waals surface area contributed by atoms with Gasteiger partial charge in [-0.15, -0.1) is 0 Å². The van der Waals surface area contributed by atoms with Crippen LogP contribution in [0.2, 0.25) is 0 Å². The van der Waals surface area contributed by atoms with Gasteiger partial charge in [-0.2, -0.15) is 0 Å². The molecule has 0 radical (unpaired) electrons. The van der Waals surface area contributed by atoms with Gasteiger partial charge in [-0.3, -0.25) is 24.1 Å². The van der Waals surface area contributed by atoms with Gasteiger partial charge in [0.25, 0.3) is 17.7 Å². The molecule has 1 atom stereocenters. The third-order valence-corrected chi connectivity index (χ3v) is 3.66. The highest BCUT2D eigenvalue weighted by atomic mass is 16.5. The van der Waals surface area contributed by atoms with Crippen LogP contribution in [0.25, 0.3) is 0 Å². The van der Waals surface area contributed by atoms with E-state index in [2.05, 4.69) is 5.32 Å². The number of esters is 1. The second-order valence-electron chi connectivity index (χ2n) is 5.66. The Morgan fingerprint density at radius 1 is 1.17 bits per heavy atom. The summed E-state index contributed by atoms with van der Waals surface area (Å²) in [5, 5.41) is 2.70. The Morgan fingerprint density at radius 3 is 2.29 bits per heavy atom. The highest BCUT2D eigenvalue weighted by Gasteiger charge is 2.36. The third-order valence-electron chi connectivity index (χ3n) is 3.66. The van der Waals surface area contributed by atoms with E-state index in [-0.39, 0.29) is 17.2 Å². The molecule has 1 N–H and O–H groups in total. The Bertz CT molecular complexity index is 636. The molecule has 1 aromatic rings. The SMILES string of the molecule is CCC[C@@H](C)NC(=O)COC(=O)CN1C(=O)c2ccccc2C1=O. The first-order valence-electron chi connectivity index (χ1n) is 7.84. The molecule has 0 unspecified atom stereocenters. The number of carbonyl (C=O) groups excluding carboxylic acids is 4. The molecular weight excluding hydrogens is 312 g/mol. The number of hydrogen-bond acceptors (Lipinski definition) is 5. The number of benzene rings is 1. The molecule has 7 heteroatoms. The van der Waals surface area contributed by atoms with Gasteiger partial charge in [0, 0.05) is 6.04 Å². The zero-order valence-corrected chi connectivity index (χ0v) is 13.7. The van der Waals surface area contributed by atoms with Gasteiger partial charge in [0.05, 0.1) is 11.1 Å². The lowest BCUT2D eigenvalue weighted by atomic mass is 10.1. The van der Waals surface area contributed by atoms with Gasteiger partial charge < -0.3 is 10.1 Å². The van der Waals surface area contributed by atoms with E-state index in [0.29, 0.717) is 0 Å². The standard InChI is InChI=1S/C17H20N2O5/c1-3-6-11(2)18-14(20)10-24-15(21)9-19-16(22)12-7-4-5-8-13(12)17(19)23/h4-5,7-8,11H,3,6,9-10H2,1-2H3,(H,18,20)/t11-/m1/s1. The largest absolute Gasteiger partial charge is 0.454 e. The molecule has 1 aliphatic heterocycles. The number of hydrogen-bond donors (Lipinski definition) is 1. The fraction of sp³-hybridized carbons (Fsp3) is 0.412. The van der Waals surface area contributed by atoms with Crippen molar-refractivity contribution in [3.63, 3.8) is 0 Å². The molecule has 0 bridgehead atoms. The van der Waals surface area contributed by atoms with E-state index < -0.39 is 36.8 Å². The molecule has 2 rings (SSSR count). The van der Waals surface area contributed by atoms with Crippen LogP contribution in [0.15, 0.2) is 24.3 Å². The van der Waals surface area contributed by atoms with Crippen molar-refractivity contribution in [2.45, 2.75) is 32.7 Å². The fourth-order valence-corrected chi connectivity index (χ4v) is 2.53. The average Bonchev–Trinajstić information content (AvgIpc) is 2.79. The van der Waals surface area contributed by atoms with Gasteiger partial charge in [-0.25, -0.2) is 0 Å². The van der Waals surface area contributed by atoms with E-state index >= 15 is 0 Å². The van der Waals surface area contributed by atoms with Gasteiger partial charge in [0.15, 0.2) is 6.61 Å². The maximum absolute atomic E-state index is 12.1. The predicted molar refractivity (Wildman–Crippen MR) is 85.3 cm³/mol. The van der Waals surface area contributed by atoms with Crippen LogP contribution in [-0.2, 0) is 14.3 Å². The van der Waals surface area contributed by atoms with E-state index in [1.165, 1.54) is 12.1 Å². The molecule has 0 spiro atoms. The zero-order chi connectivity index (χ0) is 17.7. The van der Waals surface area contributed by atoms with Crippen LogP contribution in [0.3, 0.4) is 0 Å². The first-order chi connectivity index (χ1) is 11.4. The molecule has 0 saturated carbocycles. The van der Waals surface area contributed by atoms with Crippen LogP contribution in [0, 0.1) is 0 Å². The van der Waals surface area contributed by atoms with E-state index in [4.69, 9.17) is 4.74 Å². The quantitative estimate of drug-likeness (QED) is 0.597. The molecule has 0 saturated heterocycles. The average molecular weight is 332 g/mol. The minimum Gasteiger partial charge on any atom is -0.454 e. The van der Waals surface area contributed by atoms with Gasteiger partial charge in [0.1, 0.15) is 6.54 Å². The summed E-state index contributed by atoms with van der Waals surface area (Å²) in [6.45, 7) is 2.92. The number of carbonyl (C=O) groups is 4. The normalized spacial score (nSPS) is 14.3. The van der Waals surface area contributed by atoms with Gasteiger partial charge in [-0.1, -0.05) is 25.5 Å². The number of nitrogens with zero attached hydrogens (tertiary/aromatic N) is 1. The van der Waals surface area contributed by atoms with Gasteiger partial charge >= 0.3 is 5.97 Å². The summed E-state index contributed by atoms with van der Waals surface area (Å²) in [5.74, 6) is -2.28. The molecule has 1 heterocycles. The molecule has 24 heavy (non-hydrogen) atoms. The molecule has 0 fully saturated rings. The zero-order valence-electron chi connectivity index (χ0n) is 13.7. The molecule has 7 nitrogen and oxygen atoms in total. The van der Waals surface area contributed by atoms with Crippen molar-refractivity contribution in [1.29, 1.82) is 0 Å². The number of rotatable bonds is 7. The third kappa shape index (κ3) is 3.98. The van der Waals surface area contributed by atoms with Crippen molar-refractivity contribution in [3.8, 4) is 0 Å². The minimum absolute atomic E-state index is 0.00237. The Hall–Kier alpha value is -2.70. The summed E-state index contributed by atoms with van der Waals surface area (Å²) >= 11 is 0. The molecule has 0 aliphatic carbocycles. The number of imide groups is 1. The number of ether oxygens (including phenoxy) is 1. The van der Waals surface area contributed by atoms with Crippen molar-refractivity contribution in [2.24, 2.45) is 0 Å². The summed E-state index contributed by atoms with van der Waals surface area (Å²) in [7, 11) is 0. The number of nitrogens with one attached hydrogen (secondary N) is 1. The summed E-state index contributed by atoms with van der Waals surface area (Å²) < 4.78 is 4.84. The molecular formula is C17H20N2O5. The Morgan fingerprint density at radius 2 is 1.75 bits per heavy atom. The summed E-state index contributed by atoms with van der Waals surface area (Å²) in [4.78, 5) is 48.5. The van der Waals surface area contributed by atoms with Crippen molar-refractivity contribution < 1.29 is 23.9 Å². The van der Waals surface area contributed by atoms with Gasteiger partial charge in [-0.05, 0) is 25.5 Å². The number of amides is 3. The molecule has 1 aromatic carbocycles. The predicted octanol–water partition coefficient (Wildman–Crippen LogP) is 1.13. The molecule has 3 amide bonds. The molecule has 128 valence electrons. The van der Waals surface area contributed by atoms with Crippen LogP contribution in [0.5, 0.6) is 0 Å². The van der Waals surface area contributed by atoms with Crippen molar-refractivity contribution >= 4 is 23.7 Å². The Kier molecular flexibility index (Phi) is 5.68. The van der Waals surface area contributed by atoms with Crippen molar-refractivity contribution in [2.75, 3.05) is 13.2 Å². The van der Waals surface area contributed by atoms with Gasteiger partial charge in [0.2, 0.25) is 0 Å². The van der Waals surface area contributed by atoms with E-state index in [1.807, 2.05) is 13.8 Å². The lowest BCUT2D eigenvalue weighted by Crippen LogP contribution is -2.39. The first kappa shape index (κ1) is 17.7. The smallest absolute Gasteiger partial charge is 0.326 e. The maximum atomic E-state index is 12.1. The van der Waals surface area contributed by atoms with Crippen LogP contribution in [0.4, 0.5) is 0 Å². The lowest BCUT2D eigenvalue weighted by molar-refractivity contribution is -0.148. The fourth-order valence-electron chi connectivity index (χ4n) is 2.53. The highest BCUT2D eigenvalue weighted by molar-refractivity contribution is 6.22. The van der Waals surface area contributed by atoms with E-state index in [1.54, 1.807) is 12.1 Å². The monoisotopic (exact) mass is 332 g/mol. The van der Waals surface area contributed by atoms with Crippen LogP contribution in [-0.4, -0.2) is 47.8 Å². The number of fused-ring (bicyclic) bond motifs is 1. The Balaban J connectivity index is 1.85. The highest BCUT2D eigenvalue weighted by Crippen LogP contribution is 2.21. The van der Waals surface area contributed by atoms with Crippen molar-refractivity contribution in [3.05, 3.63) is 35.4 Å². The van der Waals surface area contributed by atoms with Crippen LogP contribution < -0.4 is 5.32 Å². The van der Waals surface area contributed by atoms with Crippen LogP contribution >= 0.6 is 0 Å². The minimum atomic E-state index is -0.803. The lowest BCUT2D eigenvalue weighted by Gasteiger charge is -2.14. The molecule has 1 aliphatic rings. The summed E-state index contributed by atoms with van der Waals surface area (Å²) in [6.07, 6.45) is 1.76. The summed E-state index contributed by atoms with van der Waals surface area (Å²) in [6, 6.07) is 6.35. The first-order valence-corrected chi connectivity index (χ1v) is 7.84. The van der Waals surface area contributed by atoms with E-state index in [0.717, 1.165) is 17.7 Å². The Labute approximate surface area is 140 Å². The van der Waals surface area contributed by atoms with Crippen LogP contribution in [0.1, 0.15) is 47.4 Å². The van der Waals surface area contributed by atoms with Crippen molar-refractivity contribution in [1.82, 2.24) is 10.2 Å². The second-order valence-corrected chi connectivity index (χ2v) is 5.66. The topological polar surface area (TPSA) is 92.8 Å². The molecule has 0 aromatic heterocycles.